The van der Waals surface area contributed by atoms with Gasteiger partial charge in [0.25, 0.3) is 5.91 Å². The van der Waals surface area contributed by atoms with Crippen LogP contribution in [0.2, 0.25) is 0 Å². The van der Waals surface area contributed by atoms with E-state index in [1.807, 2.05) is 18.2 Å². The van der Waals surface area contributed by atoms with Crippen molar-refractivity contribution < 1.29 is 9.59 Å². The first-order valence-corrected chi connectivity index (χ1v) is 11.4. The van der Waals surface area contributed by atoms with Crippen molar-refractivity contribution in [2.24, 2.45) is 0 Å². The molecule has 1 N–H and O–H groups in total. The van der Waals surface area contributed by atoms with Crippen LogP contribution in [-0.2, 0) is 16.0 Å². The van der Waals surface area contributed by atoms with Gasteiger partial charge in [-0.2, -0.15) is 0 Å². The smallest absolute Gasteiger partial charge is 0.266 e. The van der Waals surface area contributed by atoms with Crippen molar-refractivity contribution in [2.75, 3.05) is 6.54 Å². The second-order valence-corrected chi connectivity index (χ2v) is 9.11. The van der Waals surface area contributed by atoms with Crippen LogP contribution in [0.3, 0.4) is 0 Å². The largest absolute Gasteiger partial charge is 0.353 e. The molecule has 150 valence electrons. The molecule has 0 unspecified atom stereocenters. The van der Waals surface area contributed by atoms with Crippen molar-refractivity contribution in [3.8, 4) is 0 Å². The van der Waals surface area contributed by atoms with Gasteiger partial charge in [-0.1, -0.05) is 74.4 Å². The molecule has 28 heavy (non-hydrogen) atoms. The Balaban J connectivity index is 1.49. The van der Waals surface area contributed by atoms with Gasteiger partial charge in [-0.25, -0.2) is 0 Å². The average Bonchev–Trinajstić information content (AvgIpc) is 2.96. The predicted octanol–water partition coefficient (Wildman–Crippen LogP) is 4.68. The molecule has 4 nitrogen and oxygen atoms in total. The highest BCUT2D eigenvalue weighted by Crippen LogP contribution is 2.32. The number of thioether (sulfide) groups is 1. The molecule has 2 fully saturated rings. The van der Waals surface area contributed by atoms with Crippen molar-refractivity contribution in [1.82, 2.24) is 10.2 Å². The molecule has 6 heteroatoms. The molecule has 1 aromatic carbocycles. The van der Waals surface area contributed by atoms with E-state index in [2.05, 4.69) is 24.4 Å². The van der Waals surface area contributed by atoms with E-state index in [4.69, 9.17) is 12.2 Å². The van der Waals surface area contributed by atoms with E-state index >= 15 is 0 Å². The first kappa shape index (κ1) is 21.1. The van der Waals surface area contributed by atoms with Crippen molar-refractivity contribution in [1.29, 1.82) is 0 Å². The van der Waals surface area contributed by atoms with Crippen molar-refractivity contribution in [3.63, 3.8) is 0 Å². The number of thiocarbonyl (C=S) groups is 1. The van der Waals surface area contributed by atoms with E-state index < -0.39 is 0 Å². The fraction of sp³-hybridized carbons (Fsp3) is 0.500. The normalized spacial score (nSPS) is 19.5. The van der Waals surface area contributed by atoms with E-state index in [-0.39, 0.29) is 11.8 Å². The standard InChI is InChI=1S/C22H28N2O2S2/c1-2-16-10-12-17(13-11-16)15-19-21(26)24(22(27)28-19)14-6-9-20(25)23-18-7-4-3-5-8-18/h10-13,15,18H,2-9,14H2,1H3,(H,23,25)/b19-15+. The lowest BCUT2D eigenvalue weighted by molar-refractivity contribution is -0.124. The molecule has 1 aliphatic carbocycles. The summed E-state index contributed by atoms with van der Waals surface area (Å²) in [5.41, 5.74) is 2.28. The van der Waals surface area contributed by atoms with Crippen molar-refractivity contribution in [2.45, 2.75) is 64.3 Å². The van der Waals surface area contributed by atoms with Crippen LogP contribution < -0.4 is 5.32 Å². The van der Waals surface area contributed by atoms with Crippen LogP contribution >= 0.6 is 24.0 Å². The van der Waals surface area contributed by atoms with Gasteiger partial charge >= 0.3 is 0 Å². The van der Waals surface area contributed by atoms with Crippen molar-refractivity contribution >= 4 is 46.2 Å². The molecule has 0 aromatic heterocycles. The van der Waals surface area contributed by atoms with Crippen LogP contribution in [-0.4, -0.2) is 33.6 Å². The molecule has 2 aliphatic rings. The number of aryl methyl sites for hydroxylation is 1. The highest BCUT2D eigenvalue weighted by Gasteiger charge is 2.31. The highest BCUT2D eigenvalue weighted by atomic mass is 32.2. The van der Waals surface area contributed by atoms with Gasteiger partial charge in [-0.15, -0.1) is 0 Å². The average molecular weight is 417 g/mol. The number of carbonyl (C=O) groups excluding carboxylic acids is 2. The summed E-state index contributed by atoms with van der Waals surface area (Å²) in [5, 5.41) is 3.13. The number of carbonyl (C=O) groups is 2. The van der Waals surface area contributed by atoms with Gasteiger partial charge in [-0.05, 0) is 42.9 Å². The summed E-state index contributed by atoms with van der Waals surface area (Å²) in [6.07, 6.45) is 9.82. The molecule has 3 rings (SSSR count). The van der Waals surface area contributed by atoms with Crippen LogP contribution in [0, 0.1) is 0 Å². The minimum Gasteiger partial charge on any atom is -0.353 e. The van der Waals surface area contributed by atoms with Crippen LogP contribution in [0.15, 0.2) is 29.2 Å². The van der Waals surface area contributed by atoms with Gasteiger partial charge in [-0.3, -0.25) is 14.5 Å². The Morgan fingerprint density at radius 2 is 1.96 bits per heavy atom. The third kappa shape index (κ3) is 5.67. The Morgan fingerprint density at radius 1 is 1.25 bits per heavy atom. The third-order valence-electron chi connectivity index (χ3n) is 5.32. The van der Waals surface area contributed by atoms with Gasteiger partial charge in [0.05, 0.1) is 4.91 Å². The summed E-state index contributed by atoms with van der Waals surface area (Å²) in [4.78, 5) is 27.1. The Labute approximate surface area is 177 Å². The molecule has 1 aliphatic heterocycles. The number of rotatable bonds is 7. The fourth-order valence-corrected chi connectivity index (χ4v) is 4.95. The Bertz CT molecular complexity index is 752. The van der Waals surface area contributed by atoms with Crippen LogP contribution in [0.5, 0.6) is 0 Å². The maximum absolute atomic E-state index is 12.7. The molecular formula is C22H28N2O2S2. The Morgan fingerprint density at radius 3 is 2.64 bits per heavy atom. The Hall–Kier alpha value is -1.66. The molecule has 1 heterocycles. The number of hydrogen-bond acceptors (Lipinski definition) is 4. The highest BCUT2D eigenvalue weighted by molar-refractivity contribution is 8.26. The van der Waals surface area contributed by atoms with Crippen LogP contribution in [0.4, 0.5) is 0 Å². The van der Waals surface area contributed by atoms with Gasteiger partial charge in [0, 0.05) is 19.0 Å². The van der Waals surface area contributed by atoms with E-state index in [0.717, 1.165) is 24.8 Å². The SMILES string of the molecule is CCc1ccc(/C=C2/SC(=S)N(CCCC(=O)NC3CCCCC3)C2=O)cc1. The first-order chi connectivity index (χ1) is 13.6. The summed E-state index contributed by atoms with van der Waals surface area (Å²) in [6.45, 7) is 2.62. The molecule has 1 saturated carbocycles. The molecule has 0 spiro atoms. The number of hydrogen-bond donors (Lipinski definition) is 1. The van der Waals surface area contributed by atoms with E-state index in [0.29, 0.717) is 34.7 Å². The van der Waals surface area contributed by atoms with Gasteiger partial charge in [0.2, 0.25) is 5.91 Å². The quantitative estimate of drug-likeness (QED) is 0.518. The molecule has 0 radical (unpaired) electrons. The number of amides is 2. The molecule has 1 aromatic rings. The second kappa shape index (κ2) is 10.2. The zero-order valence-corrected chi connectivity index (χ0v) is 18.0. The lowest BCUT2D eigenvalue weighted by Crippen LogP contribution is -2.36. The fourth-order valence-electron chi connectivity index (χ4n) is 3.64. The van der Waals surface area contributed by atoms with Crippen LogP contribution in [0.25, 0.3) is 6.08 Å². The third-order valence-corrected chi connectivity index (χ3v) is 6.69. The topological polar surface area (TPSA) is 49.4 Å². The summed E-state index contributed by atoms with van der Waals surface area (Å²) < 4.78 is 0.578. The predicted molar refractivity (Wildman–Crippen MR) is 120 cm³/mol. The van der Waals surface area contributed by atoms with Gasteiger partial charge in [0.1, 0.15) is 4.32 Å². The summed E-state index contributed by atoms with van der Waals surface area (Å²) in [6, 6.07) is 8.55. The number of nitrogens with one attached hydrogen (secondary N) is 1. The van der Waals surface area contributed by atoms with Crippen LogP contribution in [0.1, 0.15) is 63.0 Å². The molecular weight excluding hydrogens is 388 g/mol. The van der Waals surface area contributed by atoms with Gasteiger partial charge in [0.15, 0.2) is 0 Å². The molecule has 1 saturated heterocycles. The molecule has 2 amide bonds. The van der Waals surface area contributed by atoms with Crippen molar-refractivity contribution in [3.05, 3.63) is 40.3 Å². The number of nitrogens with zero attached hydrogens (tertiary/aromatic N) is 1. The first-order valence-electron chi connectivity index (χ1n) is 10.2. The minimum atomic E-state index is -0.0535. The monoisotopic (exact) mass is 416 g/mol. The maximum atomic E-state index is 12.7. The summed E-state index contributed by atoms with van der Waals surface area (Å²) in [5.74, 6) is 0.0335. The molecule has 0 bridgehead atoms. The second-order valence-electron chi connectivity index (χ2n) is 7.43. The lowest BCUT2D eigenvalue weighted by Gasteiger charge is -2.23. The Kier molecular flexibility index (Phi) is 7.68. The van der Waals surface area contributed by atoms with E-state index in [1.54, 1.807) is 4.90 Å². The van der Waals surface area contributed by atoms with E-state index in [9.17, 15) is 9.59 Å². The lowest BCUT2D eigenvalue weighted by atomic mass is 9.95. The van der Waals surface area contributed by atoms with E-state index in [1.165, 1.54) is 36.6 Å². The maximum Gasteiger partial charge on any atom is 0.266 e. The van der Waals surface area contributed by atoms with Gasteiger partial charge < -0.3 is 5.32 Å². The minimum absolute atomic E-state index is 0.0535. The summed E-state index contributed by atoms with van der Waals surface area (Å²) >= 11 is 6.73. The number of benzene rings is 1. The summed E-state index contributed by atoms with van der Waals surface area (Å²) in [7, 11) is 0. The zero-order valence-electron chi connectivity index (χ0n) is 16.4. The zero-order chi connectivity index (χ0) is 19.9. The molecule has 0 atom stereocenters.